The van der Waals surface area contributed by atoms with E-state index in [2.05, 4.69) is 10.3 Å². The molecule has 0 saturated heterocycles. The summed E-state index contributed by atoms with van der Waals surface area (Å²) in [6.45, 7) is 0.752. The second kappa shape index (κ2) is 6.13. The SMILES string of the molecule is Cn1c(N)c(NCC2CCCCC2CO)c(=O)[nH]c1=O. The molecule has 1 aliphatic carbocycles. The predicted molar refractivity (Wildman–Crippen MR) is 77.7 cm³/mol. The predicted octanol–water partition coefficient (Wildman–Crippen LogP) is -0.134. The topological polar surface area (TPSA) is 113 Å². The fraction of sp³-hybridized carbons (Fsp3) is 0.692. The van der Waals surface area contributed by atoms with Gasteiger partial charge >= 0.3 is 5.69 Å². The number of nitrogens with one attached hydrogen (secondary N) is 2. The molecule has 7 nitrogen and oxygen atoms in total. The quantitative estimate of drug-likeness (QED) is 0.614. The van der Waals surface area contributed by atoms with Crippen LogP contribution in [-0.4, -0.2) is 27.8 Å². The molecule has 1 fully saturated rings. The molecule has 1 heterocycles. The van der Waals surface area contributed by atoms with Crippen LogP contribution in [0.3, 0.4) is 0 Å². The highest BCUT2D eigenvalue weighted by Gasteiger charge is 2.24. The average molecular weight is 282 g/mol. The molecule has 1 aromatic heterocycles. The first-order valence-electron chi connectivity index (χ1n) is 6.98. The van der Waals surface area contributed by atoms with Crippen molar-refractivity contribution >= 4 is 11.5 Å². The van der Waals surface area contributed by atoms with Crippen molar-refractivity contribution in [2.24, 2.45) is 18.9 Å². The highest BCUT2D eigenvalue weighted by atomic mass is 16.3. The smallest absolute Gasteiger partial charge is 0.329 e. The molecule has 0 spiro atoms. The van der Waals surface area contributed by atoms with Gasteiger partial charge in [-0.2, -0.15) is 0 Å². The number of rotatable bonds is 4. The number of nitrogen functional groups attached to an aromatic ring is 1. The van der Waals surface area contributed by atoms with E-state index < -0.39 is 11.2 Å². The molecule has 0 aromatic carbocycles. The third kappa shape index (κ3) is 2.87. The number of aliphatic hydroxyl groups excluding tert-OH is 1. The normalized spacial score (nSPS) is 22.7. The van der Waals surface area contributed by atoms with Crippen molar-refractivity contribution in [3.05, 3.63) is 20.8 Å². The summed E-state index contributed by atoms with van der Waals surface area (Å²) in [4.78, 5) is 25.4. The Morgan fingerprint density at radius 2 is 2.00 bits per heavy atom. The van der Waals surface area contributed by atoms with Crippen LogP contribution < -0.4 is 22.3 Å². The van der Waals surface area contributed by atoms with Crippen LogP contribution in [0.2, 0.25) is 0 Å². The standard InChI is InChI=1S/C13H22N4O3/c1-17-11(14)10(12(19)16-13(17)20)15-6-8-4-2-3-5-9(8)7-18/h8-9,15,18H,2-7,14H2,1H3,(H,16,19,20). The lowest BCUT2D eigenvalue weighted by Crippen LogP contribution is -2.35. The van der Waals surface area contributed by atoms with E-state index in [1.165, 1.54) is 11.6 Å². The van der Waals surface area contributed by atoms with Gasteiger partial charge in [-0.05, 0) is 24.7 Å². The van der Waals surface area contributed by atoms with Gasteiger partial charge in [-0.15, -0.1) is 0 Å². The molecule has 1 saturated carbocycles. The van der Waals surface area contributed by atoms with Crippen LogP contribution >= 0.6 is 0 Å². The van der Waals surface area contributed by atoms with Gasteiger partial charge in [-0.3, -0.25) is 14.3 Å². The van der Waals surface area contributed by atoms with Crippen molar-refractivity contribution in [3.8, 4) is 0 Å². The van der Waals surface area contributed by atoms with E-state index in [1.807, 2.05) is 0 Å². The number of hydrogen-bond acceptors (Lipinski definition) is 5. The number of aromatic amines is 1. The Kier molecular flexibility index (Phi) is 4.49. The van der Waals surface area contributed by atoms with Gasteiger partial charge < -0.3 is 16.2 Å². The van der Waals surface area contributed by atoms with Crippen LogP contribution in [0.15, 0.2) is 9.59 Å². The Hall–Kier alpha value is -1.76. The first kappa shape index (κ1) is 14.6. The molecule has 2 unspecified atom stereocenters. The Labute approximate surface area is 116 Å². The summed E-state index contributed by atoms with van der Waals surface area (Å²) < 4.78 is 1.20. The highest BCUT2D eigenvalue weighted by Crippen LogP contribution is 2.29. The fourth-order valence-electron chi connectivity index (χ4n) is 2.83. The molecular formula is C13H22N4O3. The van der Waals surface area contributed by atoms with Crippen molar-refractivity contribution in [2.75, 3.05) is 24.2 Å². The van der Waals surface area contributed by atoms with Crippen molar-refractivity contribution in [2.45, 2.75) is 25.7 Å². The zero-order chi connectivity index (χ0) is 14.7. The van der Waals surface area contributed by atoms with Gasteiger partial charge in [-0.25, -0.2) is 4.79 Å². The van der Waals surface area contributed by atoms with Crippen LogP contribution in [0.25, 0.3) is 0 Å². The van der Waals surface area contributed by atoms with Gasteiger partial charge in [0.15, 0.2) is 0 Å². The average Bonchev–Trinajstić information content (AvgIpc) is 2.45. The minimum Gasteiger partial charge on any atom is -0.396 e. The number of aromatic nitrogens is 2. The Balaban J connectivity index is 2.13. The minimum atomic E-state index is -0.524. The fourth-order valence-corrected chi connectivity index (χ4v) is 2.83. The highest BCUT2D eigenvalue weighted by molar-refractivity contribution is 5.60. The number of hydrogen-bond donors (Lipinski definition) is 4. The second-order valence-electron chi connectivity index (χ2n) is 5.45. The van der Waals surface area contributed by atoms with Crippen LogP contribution in [0, 0.1) is 11.8 Å². The molecule has 2 rings (SSSR count). The summed E-state index contributed by atoms with van der Waals surface area (Å²) in [5.41, 5.74) is 5.01. The van der Waals surface area contributed by atoms with Gasteiger partial charge in [-0.1, -0.05) is 12.8 Å². The van der Waals surface area contributed by atoms with E-state index >= 15 is 0 Å². The summed E-state index contributed by atoms with van der Waals surface area (Å²) in [5.74, 6) is 0.726. The van der Waals surface area contributed by atoms with Crippen molar-refractivity contribution in [1.29, 1.82) is 0 Å². The summed E-state index contributed by atoms with van der Waals surface area (Å²) in [6, 6.07) is 0. The van der Waals surface area contributed by atoms with Crippen molar-refractivity contribution < 1.29 is 5.11 Å². The molecule has 2 atom stereocenters. The third-order valence-corrected chi connectivity index (χ3v) is 4.21. The third-order valence-electron chi connectivity index (χ3n) is 4.21. The molecule has 1 aromatic rings. The lowest BCUT2D eigenvalue weighted by Gasteiger charge is -2.30. The first-order chi connectivity index (χ1) is 9.54. The molecule has 112 valence electrons. The van der Waals surface area contributed by atoms with E-state index in [0.717, 1.165) is 25.7 Å². The van der Waals surface area contributed by atoms with E-state index in [4.69, 9.17) is 5.73 Å². The summed E-state index contributed by atoms with van der Waals surface area (Å²) >= 11 is 0. The van der Waals surface area contributed by atoms with Crippen LogP contribution in [-0.2, 0) is 7.05 Å². The van der Waals surface area contributed by atoms with Gasteiger partial charge in [0.05, 0.1) is 0 Å². The number of nitrogens with zero attached hydrogens (tertiary/aromatic N) is 1. The van der Waals surface area contributed by atoms with Crippen LogP contribution in [0.5, 0.6) is 0 Å². The Bertz CT molecular complexity index is 578. The van der Waals surface area contributed by atoms with E-state index in [9.17, 15) is 14.7 Å². The molecule has 7 heteroatoms. The molecule has 0 radical (unpaired) electrons. The molecule has 1 aliphatic rings. The first-order valence-corrected chi connectivity index (χ1v) is 6.98. The number of anilines is 2. The molecule has 0 aliphatic heterocycles. The van der Waals surface area contributed by atoms with Crippen molar-refractivity contribution in [1.82, 2.24) is 9.55 Å². The summed E-state index contributed by atoms with van der Waals surface area (Å²) in [6.07, 6.45) is 4.33. The van der Waals surface area contributed by atoms with Gasteiger partial charge in [0.1, 0.15) is 11.5 Å². The van der Waals surface area contributed by atoms with Gasteiger partial charge in [0.25, 0.3) is 5.56 Å². The Morgan fingerprint density at radius 1 is 1.35 bits per heavy atom. The van der Waals surface area contributed by atoms with Crippen LogP contribution in [0.4, 0.5) is 11.5 Å². The number of nitrogens with two attached hydrogens (primary N) is 1. The molecule has 0 bridgehead atoms. The Morgan fingerprint density at radius 3 is 2.65 bits per heavy atom. The van der Waals surface area contributed by atoms with Crippen molar-refractivity contribution in [3.63, 3.8) is 0 Å². The zero-order valence-electron chi connectivity index (χ0n) is 11.7. The van der Waals surface area contributed by atoms with Gasteiger partial charge in [0.2, 0.25) is 0 Å². The summed E-state index contributed by atoms with van der Waals surface area (Å²) in [5, 5.41) is 12.4. The maximum absolute atomic E-state index is 11.8. The zero-order valence-corrected chi connectivity index (χ0v) is 11.7. The number of aliphatic hydroxyl groups is 1. The lowest BCUT2D eigenvalue weighted by atomic mass is 9.79. The maximum Gasteiger partial charge on any atom is 0.329 e. The van der Waals surface area contributed by atoms with E-state index in [-0.39, 0.29) is 24.0 Å². The van der Waals surface area contributed by atoms with E-state index in [0.29, 0.717) is 12.5 Å². The second-order valence-corrected chi connectivity index (χ2v) is 5.45. The molecular weight excluding hydrogens is 260 g/mol. The van der Waals surface area contributed by atoms with Gasteiger partial charge in [0, 0.05) is 20.2 Å². The largest absolute Gasteiger partial charge is 0.396 e. The minimum absolute atomic E-state index is 0.134. The monoisotopic (exact) mass is 282 g/mol. The summed E-state index contributed by atoms with van der Waals surface area (Å²) in [7, 11) is 1.51. The lowest BCUT2D eigenvalue weighted by molar-refractivity contribution is 0.141. The molecule has 20 heavy (non-hydrogen) atoms. The van der Waals surface area contributed by atoms with Crippen LogP contribution in [0.1, 0.15) is 25.7 Å². The van der Waals surface area contributed by atoms with E-state index in [1.54, 1.807) is 0 Å². The molecule has 5 N–H and O–H groups in total. The maximum atomic E-state index is 11.8. The number of H-pyrrole nitrogens is 1. The molecule has 0 amide bonds.